The van der Waals surface area contributed by atoms with Crippen LogP contribution >= 0.6 is 0 Å². The second-order valence-electron chi connectivity index (χ2n) is 9.87. The summed E-state index contributed by atoms with van der Waals surface area (Å²) in [7, 11) is 3.50. The first-order chi connectivity index (χ1) is 16.3. The number of fused-ring (bicyclic) bond motifs is 2. The van der Waals surface area contributed by atoms with Gasteiger partial charge >= 0.3 is 12.1 Å². The highest BCUT2D eigenvalue weighted by molar-refractivity contribution is 5.95. The minimum Gasteiger partial charge on any atom is -0.436 e. The van der Waals surface area contributed by atoms with Crippen molar-refractivity contribution >= 4 is 17.8 Å². The number of rotatable bonds is 3. The van der Waals surface area contributed by atoms with E-state index in [1.165, 1.54) is 6.07 Å². The molecule has 0 radical (unpaired) electrons. The first-order valence-electron chi connectivity index (χ1n) is 12.2. The summed E-state index contributed by atoms with van der Waals surface area (Å²) in [6, 6.07) is 4.74. The number of piperidine rings is 1. The molecule has 1 spiro atoms. The third kappa shape index (κ3) is 5.00. The number of benzene rings is 1. The van der Waals surface area contributed by atoms with E-state index in [2.05, 4.69) is 16.7 Å². The van der Waals surface area contributed by atoms with Crippen LogP contribution in [0.1, 0.15) is 38.2 Å². The number of hydrogen-bond donors (Lipinski definition) is 0. The predicted octanol–water partition coefficient (Wildman–Crippen LogP) is 3.53. The summed E-state index contributed by atoms with van der Waals surface area (Å²) in [5, 5.41) is 0. The van der Waals surface area contributed by atoms with Gasteiger partial charge in [-0.3, -0.25) is 4.90 Å². The van der Waals surface area contributed by atoms with E-state index in [4.69, 9.17) is 4.74 Å². The lowest BCUT2D eigenvalue weighted by molar-refractivity contribution is 0.117. The van der Waals surface area contributed by atoms with Crippen molar-refractivity contribution < 1.29 is 18.7 Å². The van der Waals surface area contributed by atoms with Crippen LogP contribution in [0.4, 0.5) is 19.7 Å². The lowest BCUT2D eigenvalue weighted by atomic mass is 9.74. The molecule has 0 saturated carbocycles. The normalized spacial score (nSPS) is 21.2. The van der Waals surface area contributed by atoms with Gasteiger partial charge in [0.2, 0.25) is 0 Å². The molecule has 2 saturated heterocycles. The third-order valence-electron chi connectivity index (χ3n) is 7.34. The van der Waals surface area contributed by atoms with E-state index in [0.717, 1.165) is 63.1 Å². The van der Waals surface area contributed by atoms with Gasteiger partial charge in [-0.15, -0.1) is 5.92 Å². The van der Waals surface area contributed by atoms with Gasteiger partial charge in [-0.1, -0.05) is 12.8 Å². The molecule has 0 bridgehead atoms. The molecule has 7 nitrogen and oxygen atoms in total. The number of amides is 3. The van der Waals surface area contributed by atoms with Crippen molar-refractivity contribution in [2.45, 2.75) is 38.0 Å². The molecule has 4 rings (SSSR count). The lowest BCUT2D eigenvalue weighted by Crippen LogP contribution is -2.48. The maximum absolute atomic E-state index is 14.2. The van der Waals surface area contributed by atoms with E-state index < -0.39 is 0 Å². The Kier molecular flexibility index (Phi) is 7.32. The first-order valence-corrected chi connectivity index (χ1v) is 12.2. The standard InChI is InChI=1S/C26H35FN4O3/c1-4-5-6-15-34-25(33)30-12-9-20(18-30)17-29-13-10-26(11-14-29)19-31(24(32)28(2)3)23-8-7-21(27)16-22(23)26/h7-8,16,20H,4,9-15,17-19H2,1-3H3/t20-/m0/s1. The van der Waals surface area contributed by atoms with E-state index in [-0.39, 0.29) is 30.0 Å². The number of carbonyl (C=O) groups excluding carboxylic acids is 2. The third-order valence-corrected chi connectivity index (χ3v) is 7.34. The number of urea groups is 1. The van der Waals surface area contributed by atoms with E-state index in [9.17, 15) is 14.0 Å². The van der Waals surface area contributed by atoms with Crippen LogP contribution in [0.2, 0.25) is 0 Å². The number of anilines is 1. The fourth-order valence-corrected chi connectivity index (χ4v) is 5.52. The van der Waals surface area contributed by atoms with Gasteiger partial charge < -0.3 is 19.4 Å². The van der Waals surface area contributed by atoms with Crippen LogP contribution in [-0.4, -0.2) is 86.8 Å². The van der Waals surface area contributed by atoms with E-state index in [0.29, 0.717) is 19.0 Å². The molecule has 0 N–H and O–H groups in total. The molecule has 1 aromatic rings. The molecule has 2 fully saturated rings. The van der Waals surface area contributed by atoms with Crippen LogP contribution in [0.15, 0.2) is 18.2 Å². The quantitative estimate of drug-likeness (QED) is 0.635. The summed E-state index contributed by atoms with van der Waals surface area (Å²) in [5.74, 6) is 5.91. The Morgan fingerprint density at radius 3 is 2.68 bits per heavy atom. The number of carbonyl (C=O) groups is 2. The number of ether oxygens (including phenoxy) is 1. The van der Waals surface area contributed by atoms with Crippen LogP contribution in [0.5, 0.6) is 0 Å². The number of nitrogens with zero attached hydrogens (tertiary/aromatic N) is 4. The highest BCUT2D eigenvalue weighted by atomic mass is 19.1. The zero-order chi connectivity index (χ0) is 24.3. The van der Waals surface area contributed by atoms with Crippen molar-refractivity contribution in [2.24, 2.45) is 5.92 Å². The zero-order valence-electron chi connectivity index (χ0n) is 20.5. The lowest BCUT2D eigenvalue weighted by Gasteiger charge is -2.40. The molecule has 184 valence electrons. The van der Waals surface area contributed by atoms with Gasteiger partial charge in [0, 0.05) is 57.8 Å². The largest absolute Gasteiger partial charge is 0.436 e. The average molecular weight is 471 g/mol. The fraction of sp³-hybridized carbons (Fsp3) is 0.615. The molecule has 34 heavy (non-hydrogen) atoms. The van der Waals surface area contributed by atoms with Crippen LogP contribution < -0.4 is 4.90 Å². The topological polar surface area (TPSA) is 56.3 Å². The van der Waals surface area contributed by atoms with Gasteiger partial charge in [-0.05, 0) is 62.0 Å². The van der Waals surface area contributed by atoms with E-state index in [1.807, 2.05) is 6.92 Å². The Hall–Kier alpha value is -2.79. The molecule has 0 aliphatic carbocycles. The average Bonchev–Trinajstić information content (AvgIpc) is 3.41. The van der Waals surface area contributed by atoms with Crippen molar-refractivity contribution in [3.8, 4) is 11.8 Å². The Labute approximate surface area is 201 Å². The molecule has 8 heteroatoms. The van der Waals surface area contributed by atoms with Crippen molar-refractivity contribution in [3.05, 3.63) is 29.6 Å². The van der Waals surface area contributed by atoms with Crippen molar-refractivity contribution in [3.63, 3.8) is 0 Å². The summed E-state index contributed by atoms with van der Waals surface area (Å²) >= 11 is 0. The molecular weight excluding hydrogens is 435 g/mol. The van der Waals surface area contributed by atoms with Crippen LogP contribution in [0, 0.1) is 23.6 Å². The smallest absolute Gasteiger partial charge is 0.410 e. The number of likely N-dealkylation sites (tertiary alicyclic amines) is 2. The summed E-state index contributed by atoms with van der Waals surface area (Å²) in [6.07, 6.45) is 3.21. The van der Waals surface area contributed by atoms with Gasteiger partial charge in [-0.2, -0.15) is 0 Å². The predicted molar refractivity (Wildman–Crippen MR) is 129 cm³/mol. The van der Waals surface area contributed by atoms with E-state index >= 15 is 0 Å². The Bertz CT molecular complexity index is 978. The number of hydrogen-bond acceptors (Lipinski definition) is 4. The fourth-order valence-electron chi connectivity index (χ4n) is 5.52. The van der Waals surface area contributed by atoms with Gasteiger partial charge in [0.1, 0.15) is 5.82 Å². The Morgan fingerprint density at radius 2 is 1.97 bits per heavy atom. The van der Waals surface area contributed by atoms with Crippen LogP contribution in [0.25, 0.3) is 0 Å². The minimum absolute atomic E-state index is 0.0641. The van der Waals surface area contributed by atoms with Crippen molar-refractivity contribution in [2.75, 3.05) is 64.9 Å². The van der Waals surface area contributed by atoms with Crippen LogP contribution in [-0.2, 0) is 10.2 Å². The minimum atomic E-state index is -0.277. The summed E-state index contributed by atoms with van der Waals surface area (Å²) < 4.78 is 19.4. The Morgan fingerprint density at radius 1 is 1.21 bits per heavy atom. The van der Waals surface area contributed by atoms with Crippen molar-refractivity contribution in [1.82, 2.24) is 14.7 Å². The second kappa shape index (κ2) is 10.2. The maximum Gasteiger partial charge on any atom is 0.410 e. The van der Waals surface area contributed by atoms with Gasteiger partial charge in [-0.25, -0.2) is 14.0 Å². The SMILES string of the molecule is CCC#CCOC(=O)N1CC[C@@H](CN2CCC3(CC2)CN(C(=O)N(C)C)c2ccc(F)cc23)C1. The summed E-state index contributed by atoms with van der Waals surface area (Å²) in [5.41, 5.74) is 1.59. The summed E-state index contributed by atoms with van der Waals surface area (Å²) in [6.45, 7) is 6.87. The van der Waals surface area contributed by atoms with Crippen molar-refractivity contribution in [1.29, 1.82) is 0 Å². The van der Waals surface area contributed by atoms with Gasteiger partial charge in [0.15, 0.2) is 6.61 Å². The Balaban J connectivity index is 1.33. The molecule has 3 amide bonds. The van der Waals surface area contributed by atoms with Crippen LogP contribution in [0.3, 0.4) is 0 Å². The van der Waals surface area contributed by atoms with Gasteiger partial charge in [0.05, 0.1) is 0 Å². The number of halogens is 1. The highest BCUT2D eigenvalue weighted by Crippen LogP contribution is 2.47. The first kappa shape index (κ1) is 24.3. The molecular formula is C26H35FN4O3. The highest BCUT2D eigenvalue weighted by Gasteiger charge is 2.47. The monoisotopic (exact) mass is 470 g/mol. The second-order valence-corrected chi connectivity index (χ2v) is 9.87. The molecule has 3 aliphatic rings. The molecule has 1 atom stereocenters. The summed E-state index contributed by atoms with van der Waals surface area (Å²) in [4.78, 5) is 32.7. The molecule has 3 aliphatic heterocycles. The van der Waals surface area contributed by atoms with E-state index in [1.54, 1.807) is 40.9 Å². The molecule has 1 aromatic carbocycles. The maximum atomic E-state index is 14.2. The molecule has 3 heterocycles. The zero-order valence-corrected chi connectivity index (χ0v) is 20.5. The molecule has 0 unspecified atom stereocenters. The molecule has 0 aromatic heterocycles. The van der Waals surface area contributed by atoms with Gasteiger partial charge in [0.25, 0.3) is 0 Å².